The van der Waals surface area contributed by atoms with Gasteiger partial charge in [-0.05, 0) is 12.1 Å². The van der Waals surface area contributed by atoms with Gasteiger partial charge >= 0.3 is 0 Å². The summed E-state index contributed by atoms with van der Waals surface area (Å²) in [6.45, 7) is 0. The minimum atomic E-state index is -0.449. The number of hydrogen-bond acceptors (Lipinski definition) is 1. The molecule has 1 heterocycles. The van der Waals surface area contributed by atoms with Crippen molar-refractivity contribution in [1.82, 2.24) is 4.98 Å². The summed E-state index contributed by atoms with van der Waals surface area (Å²) < 4.78 is 12.9. The van der Waals surface area contributed by atoms with Crippen molar-refractivity contribution in [3.63, 3.8) is 0 Å². The van der Waals surface area contributed by atoms with Crippen LogP contribution in [0.1, 0.15) is 0 Å². The molecule has 0 saturated heterocycles. The summed E-state index contributed by atoms with van der Waals surface area (Å²) in [6.07, 6.45) is 1.69. The fourth-order valence-electron chi connectivity index (χ4n) is 1.15. The highest BCUT2D eigenvalue weighted by atomic mass is 35.5. The Labute approximate surface area is 73.1 Å². The third-order valence-corrected chi connectivity index (χ3v) is 2.06. The predicted molar refractivity (Wildman–Crippen MR) is 47.7 cm³/mol. The van der Waals surface area contributed by atoms with Gasteiger partial charge in [0, 0.05) is 17.0 Å². The molecule has 0 spiro atoms. The van der Waals surface area contributed by atoms with Gasteiger partial charge in [-0.25, -0.2) is 4.39 Å². The van der Waals surface area contributed by atoms with Crippen LogP contribution < -0.4 is 5.73 Å². The van der Waals surface area contributed by atoms with Gasteiger partial charge in [-0.15, -0.1) is 0 Å². The van der Waals surface area contributed by atoms with Gasteiger partial charge < -0.3 is 10.7 Å². The SMILES string of the molecule is Nc1[nH]cc2cc(Cl)c(F)cc12. The number of nitrogens with one attached hydrogen (secondary N) is 1. The monoisotopic (exact) mass is 184 g/mol. The van der Waals surface area contributed by atoms with Gasteiger partial charge in [-0.2, -0.15) is 0 Å². The van der Waals surface area contributed by atoms with Crippen molar-refractivity contribution in [2.45, 2.75) is 0 Å². The van der Waals surface area contributed by atoms with Crippen molar-refractivity contribution in [1.29, 1.82) is 0 Å². The van der Waals surface area contributed by atoms with Crippen LogP contribution in [0.25, 0.3) is 10.8 Å². The molecule has 0 saturated carbocycles. The van der Waals surface area contributed by atoms with Crippen LogP contribution in [0.3, 0.4) is 0 Å². The molecule has 2 rings (SSSR count). The van der Waals surface area contributed by atoms with Crippen LogP contribution in [0.4, 0.5) is 10.2 Å². The largest absolute Gasteiger partial charge is 0.385 e. The van der Waals surface area contributed by atoms with Crippen LogP contribution in [-0.2, 0) is 0 Å². The average molecular weight is 185 g/mol. The van der Waals surface area contributed by atoms with Crippen molar-refractivity contribution in [2.75, 3.05) is 5.73 Å². The maximum absolute atomic E-state index is 12.9. The van der Waals surface area contributed by atoms with E-state index in [0.717, 1.165) is 5.39 Å². The molecule has 62 valence electrons. The van der Waals surface area contributed by atoms with Crippen LogP contribution in [0.15, 0.2) is 18.3 Å². The molecule has 12 heavy (non-hydrogen) atoms. The lowest BCUT2D eigenvalue weighted by atomic mass is 10.2. The lowest BCUT2D eigenvalue weighted by molar-refractivity contribution is 0.630. The Kier molecular flexibility index (Phi) is 1.48. The highest BCUT2D eigenvalue weighted by Crippen LogP contribution is 2.26. The molecule has 4 heteroatoms. The third kappa shape index (κ3) is 0.940. The molecule has 1 aromatic heterocycles. The number of H-pyrrole nitrogens is 1. The molecule has 0 atom stereocenters. The molecule has 0 bridgehead atoms. The number of halogens is 2. The first-order valence-electron chi connectivity index (χ1n) is 3.40. The van der Waals surface area contributed by atoms with E-state index in [0.29, 0.717) is 11.2 Å². The molecular weight excluding hydrogens is 179 g/mol. The summed E-state index contributed by atoms with van der Waals surface area (Å²) in [4.78, 5) is 2.78. The Morgan fingerprint density at radius 1 is 1.42 bits per heavy atom. The number of aromatic nitrogens is 1. The highest BCUT2D eigenvalue weighted by Gasteiger charge is 2.05. The number of benzene rings is 1. The number of rotatable bonds is 0. The average Bonchev–Trinajstić information content (AvgIpc) is 2.35. The minimum Gasteiger partial charge on any atom is -0.385 e. The number of aromatic amines is 1. The molecule has 0 unspecified atom stereocenters. The van der Waals surface area contributed by atoms with Gasteiger partial charge in [0.15, 0.2) is 0 Å². The van der Waals surface area contributed by atoms with Gasteiger partial charge in [0.1, 0.15) is 11.6 Å². The molecule has 2 aromatic rings. The zero-order valence-corrected chi connectivity index (χ0v) is 6.82. The van der Waals surface area contributed by atoms with E-state index in [1.807, 2.05) is 0 Å². The summed E-state index contributed by atoms with van der Waals surface area (Å²) in [7, 11) is 0. The quantitative estimate of drug-likeness (QED) is 0.649. The Morgan fingerprint density at radius 3 is 2.92 bits per heavy atom. The summed E-state index contributed by atoms with van der Waals surface area (Å²) in [5.74, 6) is 0.0102. The second kappa shape index (κ2) is 2.38. The molecule has 1 aromatic carbocycles. The van der Waals surface area contributed by atoms with Crippen LogP contribution in [0.5, 0.6) is 0 Å². The Balaban J connectivity index is 2.87. The van der Waals surface area contributed by atoms with Gasteiger partial charge in [0.25, 0.3) is 0 Å². The Bertz CT molecular complexity index is 436. The Morgan fingerprint density at radius 2 is 2.17 bits per heavy atom. The number of fused-ring (bicyclic) bond motifs is 1. The number of hydrogen-bond donors (Lipinski definition) is 2. The number of anilines is 1. The number of nitrogen functional groups attached to an aromatic ring is 1. The number of nitrogens with two attached hydrogens (primary N) is 1. The van der Waals surface area contributed by atoms with Gasteiger partial charge in [0.2, 0.25) is 0 Å². The van der Waals surface area contributed by atoms with Crippen molar-refractivity contribution in [3.8, 4) is 0 Å². The molecule has 0 radical (unpaired) electrons. The van der Waals surface area contributed by atoms with E-state index in [2.05, 4.69) is 4.98 Å². The van der Waals surface area contributed by atoms with Crippen LogP contribution in [0.2, 0.25) is 5.02 Å². The zero-order chi connectivity index (χ0) is 8.72. The lowest BCUT2D eigenvalue weighted by Gasteiger charge is -1.94. The highest BCUT2D eigenvalue weighted by molar-refractivity contribution is 6.31. The van der Waals surface area contributed by atoms with Gasteiger partial charge in [-0.1, -0.05) is 11.6 Å². The predicted octanol–water partition coefficient (Wildman–Crippen LogP) is 2.54. The first kappa shape index (κ1) is 7.43. The summed E-state index contributed by atoms with van der Waals surface area (Å²) >= 11 is 5.57. The fourth-order valence-corrected chi connectivity index (χ4v) is 1.32. The normalized spacial score (nSPS) is 10.8. The third-order valence-electron chi connectivity index (χ3n) is 1.77. The van der Waals surface area contributed by atoms with Gasteiger partial charge in [0.05, 0.1) is 5.02 Å². The van der Waals surface area contributed by atoms with E-state index in [-0.39, 0.29) is 5.02 Å². The van der Waals surface area contributed by atoms with Crippen molar-refractivity contribution >= 4 is 28.2 Å². The Hall–Kier alpha value is -1.22. The standard InChI is InChI=1S/C8H6ClFN2/c9-6-1-4-3-12-8(11)5(4)2-7(6)10/h1-3,12H,11H2. The second-order valence-corrected chi connectivity index (χ2v) is 2.96. The van der Waals surface area contributed by atoms with E-state index in [1.54, 1.807) is 12.3 Å². The molecule has 0 aliphatic heterocycles. The van der Waals surface area contributed by atoms with E-state index in [1.165, 1.54) is 6.07 Å². The van der Waals surface area contributed by atoms with Crippen molar-refractivity contribution in [3.05, 3.63) is 29.2 Å². The van der Waals surface area contributed by atoms with Gasteiger partial charge in [-0.3, -0.25) is 0 Å². The smallest absolute Gasteiger partial charge is 0.142 e. The molecule has 0 amide bonds. The maximum Gasteiger partial charge on any atom is 0.142 e. The minimum absolute atomic E-state index is 0.113. The van der Waals surface area contributed by atoms with E-state index in [4.69, 9.17) is 17.3 Å². The first-order valence-corrected chi connectivity index (χ1v) is 3.78. The first-order chi connectivity index (χ1) is 5.68. The molecule has 0 aliphatic rings. The molecule has 0 aliphatic carbocycles. The lowest BCUT2D eigenvalue weighted by Crippen LogP contribution is -1.84. The zero-order valence-electron chi connectivity index (χ0n) is 6.07. The molecule has 2 nitrogen and oxygen atoms in total. The summed E-state index contributed by atoms with van der Waals surface area (Å²) in [6, 6.07) is 2.86. The fraction of sp³-hybridized carbons (Fsp3) is 0. The maximum atomic E-state index is 12.9. The summed E-state index contributed by atoms with van der Waals surface area (Å²) in [5, 5.41) is 1.59. The van der Waals surface area contributed by atoms with Crippen molar-refractivity contribution in [2.24, 2.45) is 0 Å². The molecular formula is C8H6ClFN2. The van der Waals surface area contributed by atoms with Crippen LogP contribution in [-0.4, -0.2) is 4.98 Å². The summed E-state index contributed by atoms with van der Waals surface area (Å²) in [5.41, 5.74) is 5.53. The van der Waals surface area contributed by atoms with Crippen molar-refractivity contribution < 1.29 is 4.39 Å². The van der Waals surface area contributed by atoms with E-state index >= 15 is 0 Å². The van der Waals surface area contributed by atoms with E-state index in [9.17, 15) is 4.39 Å². The van der Waals surface area contributed by atoms with Crippen LogP contribution >= 0.6 is 11.6 Å². The second-order valence-electron chi connectivity index (χ2n) is 2.56. The van der Waals surface area contributed by atoms with E-state index < -0.39 is 5.82 Å². The topological polar surface area (TPSA) is 41.8 Å². The molecule has 0 fully saturated rings. The van der Waals surface area contributed by atoms with Crippen LogP contribution in [0, 0.1) is 5.82 Å². The molecule has 3 N–H and O–H groups in total.